The van der Waals surface area contributed by atoms with Crippen molar-refractivity contribution >= 4 is 21.8 Å². The van der Waals surface area contributed by atoms with Crippen LogP contribution < -0.4 is 10.9 Å². The zero-order chi connectivity index (χ0) is 18.1. The van der Waals surface area contributed by atoms with E-state index in [0.29, 0.717) is 11.5 Å². The lowest BCUT2D eigenvalue weighted by atomic mass is 9.95. The van der Waals surface area contributed by atoms with Crippen LogP contribution in [0, 0.1) is 6.92 Å². The van der Waals surface area contributed by atoms with Crippen molar-refractivity contribution in [2.75, 3.05) is 0 Å². The molecule has 1 atom stereocenters. The van der Waals surface area contributed by atoms with Crippen molar-refractivity contribution < 1.29 is 4.79 Å². The van der Waals surface area contributed by atoms with E-state index < -0.39 is 11.5 Å². The van der Waals surface area contributed by atoms with Gasteiger partial charge < -0.3 is 10.3 Å². The van der Waals surface area contributed by atoms with Gasteiger partial charge in [0.25, 0.3) is 11.5 Å². The molecule has 1 unspecified atom stereocenters. The number of halogens is 1. The molecule has 5 nitrogen and oxygen atoms in total. The Labute approximate surface area is 150 Å². The summed E-state index contributed by atoms with van der Waals surface area (Å²) in [4.78, 5) is 32.0. The van der Waals surface area contributed by atoms with E-state index in [9.17, 15) is 9.59 Å². The Bertz CT molecular complexity index is 822. The molecule has 1 amide bonds. The van der Waals surface area contributed by atoms with Crippen LogP contribution in [-0.2, 0) is 5.41 Å². The van der Waals surface area contributed by atoms with E-state index >= 15 is 0 Å². The SMILES string of the molecule is Cc1nc(C(C)(C)C)[nH]c(=O)c1C(=O)NC(C)c1ccccc1Br. The second-order valence-electron chi connectivity index (χ2n) is 6.84. The smallest absolute Gasteiger partial charge is 0.264 e. The number of hydrogen-bond donors (Lipinski definition) is 2. The first-order valence-electron chi connectivity index (χ1n) is 7.78. The van der Waals surface area contributed by atoms with Crippen LogP contribution in [0.4, 0.5) is 0 Å². The molecule has 2 aromatic rings. The number of aryl methyl sites for hydroxylation is 1. The Morgan fingerprint density at radius 1 is 1.29 bits per heavy atom. The number of hydrogen-bond acceptors (Lipinski definition) is 3. The predicted octanol–water partition coefficient (Wildman–Crippen LogP) is 3.63. The summed E-state index contributed by atoms with van der Waals surface area (Å²) in [5.74, 6) is 0.144. The van der Waals surface area contributed by atoms with E-state index in [2.05, 4.69) is 31.2 Å². The van der Waals surface area contributed by atoms with E-state index in [4.69, 9.17) is 0 Å². The number of rotatable bonds is 3. The van der Waals surface area contributed by atoms with Crippen LogP contribution in [0.3, 0.4) is 0 Å². The minimum atomic E-state index is -0.426. The number of nitrogens with one attached hydrogen (secondary N) is 2. The number of nitrogens with zero attached hydrogens (tertiary/aromatic N) is 1. The van der Waals surface area contributed by atoms with E-state index in [0.717, 1.165) is 10.0 Å². The van der Waals surface area contributed by atoms with Gasteiger partial charge in [0.2, 0.25) is 0 Å². The summed E-state index contributed by atoms with van der Waals surface area (Å²) in [7, 11) is 0. The van der Waals surface area contributed by atoms with Crippen LogP contribution in [0.5, 0.6) is 0 Å². The molecule has 1 aromatic heterocycles. The van der Waals surface area contributed by atoms with Crippen molar-refractivity contribution in [1.29, 1.82) is 0 Å². The van der Waals surface area contributed by atoms with E-state index in [-0.39, 0.29) is 17.0 Å². The maximum Gasteiger partial charge on any atom is 0.264 e. The molecule has 0 bridgehead atoms. The molecule has 2 N–H and O–H groups in total. The van der Waals surface area contributed by atoms with Crippen molar-refractivity contribution in [1.82, 2.24) is 15.3 Å². The van der Waals surface area contributed by atoms with Crippen LogP contribution in [-0.4, -0.2) is 15.9 Å². The highest BCUT2D eigenvalue weighted by atomic mass is 79.9. The van der Waals surface area contributed by atoms with Gasteiger partial charge in [0.05, 0.1) is 11.7 Å². The van der Waals surface area contributed by atoms with Crippen LogP contribution >= 0.6 is 15.9 Å². The number of benzene rings is 1. The van der Waals surface area contributed by atoms with Gasteiger partial charge in [-0.25, -0.2) is 4.98 Å². The maximum atomic E-state index is 12.6. The van der Waals surface area contributed by atoms with Crippen LogP contribution in [0.2, 0.25) is 0 Å². The van der Waals surface area contributed by atoms with Crippen molar-refractivity contribution in [3.8, 4) is 0 Å². The zero-order valence-corrected chi connectivity index (χ0v) is 16.1. The van der Waals surface area contributed by atoms with Gasteiger partial charge in [-0.05, 0) is 25.5 Å². The molecule has 0 aliphatic heterocycles. The van der Waals surface area contributed by atoms with Gasteiger partial charge in [-0.1, -0.05) is 54.9 Å². The van der Waals surface area contributed by atoms with Crippen LogP contribution in [0.15, 0.2) is 33.5 Å². The lowest BCUT2D eigenvalue weighted by Crippen LogP contribution is -2.35. The Morgan fingerprint density at radius 3 is 2.46 bits per heavy atom. The summed E-state index contributed by atoms with van der Waals surface area (Å²) in [6.45, 7) is 9.43. The number of carbonyl (C=O) groups excluding carboxylic acids is 1. The topological polar surface area (TPSA) is 74.8 Å². The second-order valence-corrected chi connectivity index (χ2v) is 7.70. The summed E-state index contributed by atoms with van der Waals surface area (Å²) in [5, 5.41) is 2.86. The Kier molecular flexibility index (Phi) is 5.28. The normalized spacial score (nSPS) is 12.8. The molecule has 0 radical (unpaired) electrons. The Hall–Kier alpha value is -1.95. The first-order chi connectivity index (χ1) is 11.1. The van der Waals surface area contributed by atoms with Crippen molar-refractivity contribution in [3.05, 3.63) is 61.7 Å². The molecule has 24 heavy (non-hydrogen) atoms. The summed E-state index contributed by atoms with van der Waals surface area (Å²) in [5.41, 5.74) is 0.729. The molecule has 0 saturated carbocycles. The monoisotopic (exact) mass is 391 g/mol. The van der Waals surface area contributed by atoms with E-state index in [1.807, 2.05) is 52.0 Å². The number of carbonyl (C=O) groups is 1. The Morgan fingerprint density at radius 2 is 1.92 bits per heavy atom. The fourth-order valence-corrected chi connectivity index (χ4v) is 3.01. The van der Waals surface area contributed by atoms with E-state index in [1.165, 1.54) is 0 Å². The molecular formula is C18H22BrN3O2. The largest absolute Gasteiger partial charge is 0.345 e. The number of H-pyrrole nitrogens is 1. The third-order valence-electron chi connectivity index (χ3n) is 3.76. The minimum absolute atomic E-state index is 0.0573. The highest BCUT2D eigenvalue weighted by Gasteiger charge is 2.23. The van der Waals surface area contributed by atoms with Gasteiger partial charge in [0, 0.05) is 9.89 Å². The first kappa shape index (κ1) is 18.4. The van der Waals surface area contributed by atoms with Gasteiger partial charge in [-0.15, -0.1) is 0 Å². The van der Waals surface area contributed by atoms with Gasteiger partial charge in [0.1, 0.15) is 11.4 Å². The summed E-state index contributed by atoms with van der Waals surface area (Å²) in [6.07, 6.45) is 0. The van der Waals surface area contributed by atoms with Crippen LogP contribution in [0.1, 0.15) is 61.2 Å². The highest BCUT2D eigenvalue weighted by molar-refractivity contribution is 9.10. The highest BCUT2D eigenvalue weighted by Crippen LogP contribution is 2.23. The molecular weight excluding hydrogens is 370 g/mol. The summed E-state index contributed by atoms with van der Waals surface area (Å²) in [6, 6.07) is 7.41. The molecule has 0 aliphatic carbocycles. The van der Waals surface area contributed by atoms with Gasteiger partial charge in [-0.2, -0.15) is 0 Å². The fraction of sp³-hybridized carbons (Fsp3) is 0.389. The van der Waals surface area contributed by atoms with Crippen molar-refractivity contribution in [3.63, 3.8) is 0 Å². The quantitative estimate of drug-likeness (QED) is 0.838. The van der Waals surface area contributed by atoms with Gasteiger partial charge in [0.15, 0.2) is 0 Å². The molecule has 0 spiro atoms. The lowest BCUT2D eigenvalue weighted by molar-refractivity contribution is 0.0937. The molecule has 0 saturated heterocycles. The molecule has 0 aliphatic rings. The maximum absolute atomic E-state index is 12.6. The summed E-state index contributed by atoms with van der Waals surface area (Å²) >= 11 is 3.47. The molecule has 1 aromatic carbocycles. The molecule has 2 rings (SSSR count). The van der Waals surface area contributed by atoms with Crippen molar-refractivity contribution in [2.24, 2.45) is 0 Å². The third kappa shape index (κ3) is 3.93. The Balaban J connectivity index is 2.31. The lowest BCUT2D eigenvalue weighted by Gasteiger charge is -2.19. The fourth-order valence-electron chi connectivity index (χ4n) is 2.38. The van der Waals surface area contributed by atoms with Gasteiger partial charge >= 0.3 is 0 Å². The molecule has 6 heteroatoms. The average Bonchev–Trinajstić information content (AvgIpc) is 2.45. The zero-order valence-electron chi connectivity index (χ0n) is 14.5. The third-order valence-corrected chi connectivity index (χ3v) is 4.48. The number of aromatic nitrogens is 2. The molecule has 1 heterocycles. The standard InChI is InChI=1S/C18H22BrN3O2/c1-10(12-8-6-7-9-13(12)19)20-15(23)14-11(2)21-17(18(3,4)5)22-16(14)24/h6-10H,1-5H3,(H,20,23)(H,21,22,24). The summed E-state index contributed by atoms with van der Waals surface area (Å²) < 4.78 is 0.907. The number of amides is 1. The van der Waals surface area contributed by atoms with Crippen molar-refractivity contribution in [2.45, 2.75) is 46.1 Å². The average molecular weight is 392 g/mol. The van der Waals surface area contributed by atoms with E-state index in [1.54, 1.807) is 6.92 Å². The second kappa shape index (κ2) is 6.89. The molecule has 0 fully saturated rings. The minimum Gasteiger partial charge on any atom is -0.345 e. The predicted molar refractivity (Wildman–Crippen MR) is 98.3 cm³/mol. The first-order valence-corrected chi connectivity index (χ1v) is 8.57. The van der Waals surface area contributed by atoms with Gasteiger partial charge in [-0.3, -0.25) is 9.59 Å². The molecule has 128 valence electrons. The van der Waals surface area contributed by atoms with Crippen LogP contribution in [0.25, 0.3) is 0 Å². The number of aromatic amines is 1.